The maximum Gasteiger partial charge on any atom is 0.257 e. The topological polar surface area (TPSA) is 113 Å². The minimum absolute atomic E-state index is 0.123. The van der Waals surface area contributed by atoms with Crippen LogP contribution in [0.1, 0.15) is 41.3 Å². The number of nitrogens with one attached hydrogen (secondary N) is 2. The predicted octanol–water partition coefficient (Wildman–Crippen LogP) is 0.978. The molecule has 0 unspecified atom stereocenters. The molecule has 1 aromatic carbocycles. The molecule has 0 saturated carbocycles. The molecular weight excluding hydrogens is 278 g/mol. The Kier molecular flexibility index (Phi) is 4.88. The molecule has 1 aromatic rings. The average Bonchev–Trinajstić information content (AvgIpc) is 2.25. The molecule has 1 rings (SSSR count). The van der Waals surface area contributed by atoms with Gasteiger partial charge in [0.1, 0.15) is 0 Å². The molecule has 0 bridgehead atoms. The monoisotopic (exact) mass is 297 g/mol. The molecular formula is C13H19N3O3S. The summed E-state index contributed by atoms with van der Waals surface area (Å²) < 4.78 is 23.0. The number of nitrogens with two attached hydrogens (primary N) is 1. The van der Waals surface area contributed by atoms with E-state index >= 15 is 0 Å². The Hall–Kier alpha value is -1.89. The van der Waals surface area contributed by atoms with Gasteiger partial charge < -0.3 is 5.73 Å². The largest absolute Gasteiger partial charge is 0.370 e. The first kappa shape index (κ1) is 16.2. The minimum Gasteiger partial charge on any atom is -0.370 e. The maximum absolute atomic E-state index is 11.8. The molecule has 0 fully saturated rings. The summed E-state index contributed by atoms with van der Waals surface area (Å²) >= 11 is 0. The van der Waals surface area contributed by atoms with E-state index in [4.69, 9.17) is 11.1 Å². The van der Waals surface area contributed by atoms with Gasteiger partial charge in [-0.3, -0.25) is 15.5 Å². The second-order valence-corrected chi connectivity index (χ2v) is 7.15. The van der Waals surface area contributed by atoms with Gasteiger partial charge in [-0.15, -0.1) is 0 Å². The van der Waals surface area contributed by atoms with Crippen LogP contribution in [0.4, 0.5) is 0 Å². The SMILES string of the molecule is CC(C)c1ccc(C(=O)NC(=N)N)cc1CS(C)(=O)=O. The number of hydrogen-bond donors (Lipinski definition) is 3. The van der Waals surface area contributed by atoms with Crippen LogP contribution in [-0.4, -0.2) is 26.5 Å². The van der Waals surface area contributed by atoms with E-state index in [2.05, 4.69) is 5.32 Å². The Labute approximate surface area is 118 Å². The first-order chi connectivity index (χ1) is 9.10. The number of carbonyl (C=O) groups is 1. The van der Waals surface area contributed by atoms with E-state index in [-0.39, 0.29) is 17.2 Å². The Bertz CT molecular complexity index is 636. The smallest absolute Gasteiger partial charge is 0.257 e. The summed E-state index contributed by atoms with van der Waals surface area (Å²) in [5.74, 6) is -0.950. The van der Waals surface area contributed by atoms with Gasteiger partial charge in [-0.1, -0.05) is 19.9 Å². The molecule has 0 spiro atoms. The number of benzene rings is 1. The summed E-state index contributed by atoms with van der Waals surface area (Å²) in [6.45, 7) is 3.91. The van der Waals surface area contributed by atoms with Crippen molar-refractivity contribution in [3.8, 4) is 0 Å². The molecule has 0 atom stereocenters. The van der Waals surface area contributed by atoms with Crippen LogP contribution in [0.15, 0.2) is 18.2 Å². The molecule has 0 aromatic heterocycles. The van der Waals surface area contributed by atoms with Gasteiger partial charge in [0.05, 0.1) is 5.75 Å². The van der Waals surface area contributed by atoms with Crippen molar-refractivity contribution in [2.75, 3.05) is 6.26 Å². The van der Waals surface area contributed by atoms with Crippen molar-refractivity contribution < 1.29 is 13.2 Å². The van der Waals surface area contributed by atoms with Gasteiger partial charge >= 0.3 is 0 Å². The Morgan fingerprint density at radius 1 is 1.40 bits per heavy atom. The normalized spacial score (nSPS) is 11.4. The summed E-state index contributed by atoms with van der Waals surface area (Å²) in [6, 6.07) is 4.87. The lowest BCUT2D eigenvalue weighted by molar-refractivity contribution is 0.0976. The van der Waals surface area contributed by atoms with Crippen molar-refractivity contribution in [3.63, 3.8) is 0 Å². The standard InChI is InChI=1S/C13H19N3O3S/c1-8(2)11-5-4-9(12(17)16-13(14)15)6-10(11)7-20(3,18)19/h4-6,8H,7H2,1-3H3,(H4,14,15,16,17). The van der Waals surface area contributed by atoms with Gasteiger partial charge in [0.2, 0.25) is 0 Å². The van der Waals surface area contributed by atoms with Gasteiger partial charge in [-0.2, -0.15) is 0 Å². The van der Waals surface area contributed by atoms with Crippen LogP contribution in [0.5, 0.6) is 0 Å². The highest BCUT2D eigenvalue weighted by molar-refractivity contribution is 7.89. The van der Waals surface area contributed by atoms with E-state index < -0.39 is 21.7 Å². The molecule has 1 amide bonds. The highest BCUT2D eigenvalue weighted by Crippen LogP contribution is 2.22. The summed E-state index contributed by atoms with van der Waals surface area (Å²) in [5.41, 5.74) is 6.86. The third-order valence-electron chi connectivity index (χ3n) is 2.69. The Morgan fingerprint density at radius 3 is 2.45 bits per heavy atom. The molecule has 7 heteroatoms. The maximum atomic E-state index is 11.8. The lowest BCUT2D eigenvalue weighted by atomic mass is 9.96. The van der Waals surface area contributed by atoms with Gasteiger partial charge in [-0.25, -0.2) is 8.42 Å². The zero-order valence-corrected chi connectivity index (χ0v) is 12.5. The molecule has 0 aliphatic heterocycles. The van der Waals surface area contributed by atoms with Crippen LogP contribution in [0.25, 0.3) is 0 Å². The second kappa shape index (κ2) is 6.04. The summed E-state index contributed by atoms with van der Waals surface area (Å²) in [4.78, 5) is 11.8. The van der Waals surface area contributed by atoms with E-state index in [9.17, 15) is 13.2 Å². The van der Waals surface area contributed by atoms with Crippen LogP contribution in [0.3, 0.4) is 0 Å². The van der Waals surface area contributed by atoms with Crippen LogP contribution in [-0.2, 0) is 15.6 Å². The number of sulfone groups is 1. The predicted molar refractivity (Wildman–Crippen MR) is 78.5 cm³/mol. The molecule has 0 aliphatic rings. The fourth-order valence-electron chi connectivity index (χ4n) is 1.91. The van der Waals surface area contributed by atoms with E-state index in [1.165, 1.54) is 6.07 Å². The summed E-state index contributed by atoms with van der Waals surface area (Å²) in [6.07, 6.45) is 1.15. The quantitative estimate of drug-likeness (QED) is 0.567. The lowest BCUT2D eigenvalue weighted by Crippen LogP contribution is -2.35. The second-order valence-electron chi connectivity index (χ2n) is 5.01. The molecule has 0 heterocycles. The van der Waals surface area contributed by atoms with Crippen molar-refractivity contribution >= 4 is 21.7 Å². The minimum atomic E-state index is -3.20. The molecule has 0 radical (unpaired) electrons. The van der Waals surface area contributed by atoms with Gasteiger partial charge in [0.15, 0.2) is 15.8 Å². The molecule has 0 saturated heterocycles. The fraction of sp³-hybridized carbons (Fsp3) is 0.385. The molecule has 0 aliphatic carbocycles. The van der Waals surface area contributed by atoms with Gasteiger partial charge in [-0.05, 0) is 29.2 Å². The molecule has 4 N–H and O–H groups in total. The van der Waals surface area contributed by atoms with E-state index in [1.807, 2.05) is 13.8 Å². The Balaban J connectivity index is 3.23. The van der Waals surface area contributed by atoms with Crippen LogP contribution in [0, 0.1) is 5.41 Å². The van der Waals surface area contributed by atoms with Crippen molar-refractivity contribution in [1.82, 2.24) is 5.32 Å². The third-order valence-corrected chi connectivity index (χ3v) is 3.53. The van der Waals surface area contributed by atoms with E-state index in [1.54, 1.807) is 12.1 Å². The number of rotatable bonds is 4. The molecule has 6 nitrogen and oxygen atoms in total. The zero-order chi connectivity index (χ0) is 15.5. The molecule has 20 heavy (non-hydrogen) atoms. The van der Waals surface area contributed by atoms with Crippen molar-refractivity contribution in [3.05, 3.63) is 34.9 Å². The average molecular weight is 297 g/mol. The number of amides is 1. The highest BCUT2D eigenvalue weighted by atomic mass is 32.2. The number of guanidine groups is 1. The third kappa shape index (κ3) is 4.65. The van der Waals surface area contributed by atoms with Crippen molar-refractivity contribution in [1.29, 1.82) is 5.41 Å². The fourth-order valence-corrected chi connectivity index (χ4v) is 2.73. The molecule has 110 valence electrons. The van der Waals surface area contributed by atoms with Crippen LogP contribution in [0.2, 0.25) is 0 Å². The first-order valence-corrected chi connectivity index (χ1v) is 8.12. The van der Waals surface area contributed by atoms with Crippen LogP contribution >= 0.6 is 0 Å². The van der Waals surface area contributed by atoms with Gasteiger partial charge in [0.25, 0.3) is 5.91 Å². The zero-order valence-electron chi connectivity index (χ0n) is 11.7. The van der Waals surface area contributed by atoms with E-state index in [0.29, 0.717) is 5.56 Å². The summed E-state index contributed by atoms with van der Waals surface area (Å²) in [5, 5.41) is 9.20. The number of hydrogen-bond acceptors (Lipinski definition) is 4. The van der Waals surface area contributed by atoms with E-state index in [0.717, 1.165) is 11.8 Å². The van der Waals surface area contributed by atoms with Crippen molar-refractivity contribution in [2.24, 2.45) is 5.73 Å². The lowest BCUT2D eigenvalue weighted by Gasteiger charge is -2.14. The highest BCUT2D eigenvalue weighted by Gasteiger charge is 2.15. The Morgan fingerprint density at radius 2 is 2.00 bits per heavy atom. The van der Waals surface area contributed by atoms with Crippen molar-refractivity contribution in [2.45, 2.75) is 25.5 Å². The summed E-state index contributed by atoms with van der Waals surface area (Å²) in [7, 11) is -3.20. The first-order valence-electron chi connectivity index (χ1n) is 6.06. The van der Waals surface area contributed by atoms with Gasteiger partial charge in [0, 0.05) is 11.8 Å². The number of carbonyl (C=O) groups excluding carboxylic acids is 1. The van der Waals surface area contributed by atoms with Crippen LogP contribution < -0.4 is 11.1 Å².